The molecular weight excluding hydrogens is 334 g/mol. The molecule has 3 nitrogen and oxygen atoms in total. The number of ether oxygens (including phenoxy) is 1. The van der Waals surface area contributed by atoms with Crippen molar-refractivity contribution in [3.63, 3.8) is 0 Å². The van der Waals surface area contributed by atoms with Gasteiger partial charge in [-0.15, -0.1) is 0 Å². The lowest BCUT2D eigenvalue weighted by molar-refractivity contribution is -0.138. The first-order valence-corrected chi connectivity index (χ1v) is 9.85. The fraction of sp³-hybridized carbons (Fsp3) is 0.375. The fourth-order valence-corrected chi connectivity index (χ4v) is 3.80. The minimum absolute atomic E-state index is 0.175. The second kappa shape index (κ2) is 9.01. The maximum Gasteiger partial charge on any atom is 0.334 e. The lowest BCUT2D eigenvalue weighted by Gasteiger charge is -2.29. The van der Waals surface area contributed by atoms with E-state index in [-0.39, 0.29) is 12.0 Å². The number of hydrogen-bond donors (Lipinski definition) is 1. The molecule has 0 bridgehead atoms. The summed E-state index contributed by atoms with van der Waals surface area (Å²) in [5, 5.41) is 3.64. The van der Waals surface area contributed by atoms with E-state index in [0.717, 1.165) is 17.6 Å². The van der Waals surface area contributed by atoms with Gasteiger partial charge in [0.1, 0.15) is 0 Å². The van der Waals surface area contributed by atoms with E-state index in [9.17, 15) is 4.79 Å². The summed E-state index contributed by atoms with van der Waals surface area (Å²) >= 11 is 0. The Morgan fingerprint density at radius 2 is 1.81 bits per heavy atom. The predicted octanol–water partition coefficient (Wildman–Crippen LogP) is 4.73. The molecule has 2 aromatic carbocycles. The van der Waals surface area contributed by atoms with Crippen LogP contribution in [-0.4, -0.2) is 25.2 Å². The Kier molecular flexibility index (Phi) is 6.46. The molecule has 0 amide bonds. The second-order valence-corrected chi connectivity index (χ2v) is 7.39. The van der Waals surface area contributed by atoms with E-state index in [4.69, 9.17) is 4.74 Å². The Bertz CT molecular complexity index is 808. The Morgan fingerprint density at radius 3 is 2.52 bits per heavy atom. The van der Waals surface area contributed by atoms with Crippen LogP contribution in [0.15, 0.2) is 60.2 Å². The van der Waals surface area contributed by atoms with E-state index in [1.165, 1.54) is 16.7 Å². The molecular formula is C24H29NO2. The van der Waals surface area contributed by atoms with Crippen molar-refractivity contribution in [3.05, 3.63) is 76.9 Å². The van der Waals surface area contributed by atoms with Crippen LogP contribution in [0.25, 0.3) is 5.57 Å². The highest BCUT2D eigenvalue weighted by Crippen LogP contribution is 2.32. The summed E-state index contributed by atoms with van der Waals surface area (Å²) in [6.45, 7) is 7.34. The van der Waals surface area contributed by atoms with Crippen molar-refractivity contribution >= 4 is 11.5 Å². The van der Waals surface area contributed by atoms with Gasteiger partial charge in [-0.1, -0.05) is 68.4 Å². The third kappa shape index (κ3) is 4.67. The topological polar surface area (TPSA) is 38.3 Å². The molecule has 1 aliphatic rings. The van der Waals surface area contributed by atoms with E-state index in [1.54, 1.807) is 0 Å². The number of carbonyl (C=O) groups is 1. The molecule has 1 aliphatic heterocycles. The lowest BCUT2D eigenvalue weighted by Crippen LogP contribution is -2.39. The molecule has 0 saturated carbocycles. The molecule has 0 aromatic heterocycles. The van der Waals surface area contributed by atoms with Gasteiger partial charge in [-0.3, -0.25) is 0 Å². The van der Waals surface area contributed by atoms with E-state index < -0.39 is 0 Å². The predicted molar refractivity (Wildman–Crippen MR) is 111 cm³/mol. The summed E-state index contributed by atoms with van der Waals surface area (Å²) in [7, 11) is 0. The van der Waals surface area contributed by atoms with Crippen LogP contribution < -0.4 is 5.32 Å². The number of carbonyl (C=O) groups excluding carboxylic acids is 1. The fourth-order valence-electron chi connectivity index (χ4n) is 3.80. The smallest absolute Gasteiger partial charge is 0.334 e. The van der Waals surface area contributed by atoms with Gasteiger partial charge in [-0.05, 0) is 47.9 Å². The Hall–Kier alpha value is -2.39. The lowest BCUT2D eigenvalue weighted by atomic mass is 9.85. The molecule has 0 aliphatic carbocycles. The maximum absolute atomic E-state index is 12.8. The molecule has 142 valence electrons. The third-order valence-corrected chi connectivity index (χ3v) is 5.14. The SMILES string of the molecule is CCOC(=O)C1=C(c2ccccc2C(C)C)CNC(Cc2ccccc2)C1. The number of hydrogen-bond acceptors (Lipinski definition) is 3. The summed E-state index contributed by atoms with van der Waals surface area (Å²) in [6.07, 6.45) is 1.60. The first kappa shape index (κ1) is 19.4. The molecule has 2 aromatic rings. The highest BCUT2D eigenvalue weighted by molar-refractivity contribution is 5.99. The molecule has 3 heteroatoms. The molecule has 0 radical (unpaired) electrons. The zero-order valence-corrected chi connectivity index (χ0v) is 16.5. The Morgan fingerprint density at radius 1 is 1.11 bits per heavy atom. The molecule has 1 N–H and O–H groups in total. The van der Waals surface area contributed by atoms with Crippen molar-refractivity contribution in [2.24, 2.45) is 0 Å². The quantitative estimate of drug-likeness (QED) is 0.754. The monoisotopic (exact) mass is 363 g/mol. The molecule has 3 rings (SSSR count). The highest BCUT2D eigenvalue weighted by atomic mass is 16.5. The number of benzene rings is 2. The molecule has 1 atom stereocenters. The van der Waals surface area contributed by atoms with E-state index in [1.807, 2.05) is 19.1 Å². The number of rotatable bonds is 6. The van der Waals surface area contributed by atoms with Crippen molar-refractivity contribution in [2.45, 2.75) is 45.6 Å². The molecule has 27 heavy (non-hydrogen) atoms. The zero-order valence-electron chi connectivity index (χ0n) is 16.5. The van der Waals surface area contributed by atoms with Gasteiger partial charge >= 0.3 is 5.97 Å². The Balaban J connectivity index is 1.94. The minimum Gasteiger partial charge on any atom is -0.463 e. The average Bonchev–Trinajstić information content (AvgIpc) is 2.69. The summed E-state index contributed by atoms with van der Waals surface area (Å²) in [5.41, 5.74) is 5.63. The molecule has 0 saturated heterocycles. The second-order valence-electron chi connectivity index (χ2n) is 7.39. The summed E-state index contributed by atoms with van der Waals surface area (Å²) in [6, 6.07) is 19.1. The van der Waals surface area contributed by atoms with Gasteiger partial charge < -0.3 is 10.1 Å². The number of nitrogens with one attached hydrogen (secondary N) is 1. The zero-order chi connectivity index (χ0) is 19.2. The molecule has 1 unspecified atom stereocenters. The van der Waals surface area contributed by atoms with Crippen molar-refractivity contribution in [1.29, 1.82) is 0 Å². The van der Waals surface area contributed by atoms with Gasteiger partial charge in [0.05, 0.1) is 6.61 Å². The molecule has 0 fully saturated rings. The van der Waals surface area contributed by atoms with Gasteiger partial charge in [0.15, 0.2) is 0 Å². The highest BCUT2D eigenvalue weighted by Gasteiger charge is 2.28. The van der Waals surface area contributed by atoms with Crippen LogP contribution in [0, 0.1) is 0 Å². The van der Waals surface area contributed by atoms with Crippen LogP contribution in [0.2, 0.25) is 0 Å². The molecule has 0 spiro atoms. The van der Waals surface area contributed by atoms with Gasteiger partial charge in [0.2, 0.25) is 0 Å². The average molecular weight is 364 g/mol. The van der Waals surface area contributed by atoms with E-state index in [0.29, 0.717) is 25.5 Å². The van der Waals surface area contributed by atoms with Crippen molar-refractivity contribution in [3.8, 4) is 0 Å². The van der Waals surface area contributed by atoms with E-state index >= 15 is 0 Å². The Labute approximate surface area is 162 Å². The largest absolute Gasteiger partial charge is 0.463 e. The van der Waals surface area contributed by atoms with Crippen LogP contribution in [0.3, 0.4) is 0 Å². The standard InChI is InChI=1S/C24H29NO2/c1-4-27-24(26)22-15-19(14-18-10-6-5-7-11-18)25-16-23(22)21-13-9-8-12-20(21)17(2)3/h5-13,17,19,25H,4,14-16H2,1-3H3. The van der Waals surface area contributed by atoms with Crippen LogP contribution in [-0.2, 0) is 16.0 Å². The summed E-state index contributed by atoms with van der Waals surface area (Å²) < 4.78 is 5.41. The van der Waals surface area contributed by atoms with E-state index in [2.05, 4.69) is 61.6 Å². The summed E-state index contributed by atoms with van der Waals surface area (Å²) in [4.78, 5) is 12.8. The van der Waals surface area contributed by atoms with Gasteiger partial charge in [0.25, 0.3) is 0 Å². The number of esters is 1. The van der Waals surface area contributed by atoms with Crippen LogP contribution in [0.4, 0.5) is 0 Å². The van der Waals surface area contributed by atoms with Crippen molar-refractivity contribution in [2.75, 3.05) is 13.2 Å². The van der Waals surface area contributed by atoms with Gasteiger partial charge in [-0.2, -0.15) is 0 Å². The van der Waals surface area contributed by atoms with Gasteiger partial charge in [-0.25, -0.2) is 4.79 Å². The van der Waals surface area contributed by atoms with Crippen LogP contribution >= 0.6 is 0 Å². The van der Waals surface area contributed by atoms with Crippen LogP contribution in [0.5, 0.6) is 0 Å². The maximum atomic E-state index is 12.8. The first-order chi connectivity index (χ1) is 13.1. The third-order valence-electron chi connectivity index (χ3n) is 5.14. The molecule has 1 heterocycles. The normalized spacial score (nSPS) is 17.3. The van der Waals surface area contributed by atoms with Crippen molar-refractivity contribution < 1.29 is 9.53 Å². The van der Waals surface area contributed by atoms with Gasteiger partial charge in [0, 0.05) is 18.2 Å². The first-order valence-electron chi connectivity index (χ1n) is 9.85. The summed E-state index contributed by atoms with van der Waals surface area (Å²) in [5.74, 6) is 0.227. The minimum atomic E-state index is -0.175. The van der Waals surface area contributed by atoms with Crippen molar-refractivity contribution in [1.82, 2.24) is 5.32 Å². The van der Waals surface area contributed by atoms with Crippen LogP contribution in [0.1, 0.15) is 49.8 Å².